The van der Waals surface area contributed by atoms with Gasteiger partial charge in [0.05, 0.1) is 6.54 Å². The van der Waals surface area contributed by atoms with E-state index in [-0.39, 0.29) is 0 Å². The number of hydrogen-bond donors (Lipinski definition) is 1. The van der Waals surface area contributed by atoms with E-state index in [1.807, 2.05) is 0 Å². The van der Waals surface area contributed by atoms with Gasteiger partial charge in [-0.2, -0.15) is 0 Å². The summed E-state index contributed by atoms with van der Waals surface area (Å²) < 4.78 is 0. The van der Waals surface area contributed by atoms with Crippen molar-refractivity contribution in [2.45, 2.75) is 51.0 Å². The van der Waals surface area contributed by atoms with Gasteiger partial charge in [-0.3, -0.25) is 9.69 Å². The molecule has 0 aromatic carbocycles. The van der Waals surface area contributed by atoms with Crippen molar-refractivity contribution in [3.05, 3.63) is 0 Å². The number of carbonyl (C=O) groups excluding carboxylic acids is 1. The van der Waals surface area contributed by atoms with Gasteiger partial charge in [0.25, 0.3) is 0 Å². The highest BCUT2D eigenvalue weighted by molar-refractivity contribution is 5.78. The van der Waals surface area contributed by atoms with Crippen LogP contribution in [0.25, 0.3) is 0 Å². The Morgan fingerprint density at radius 3 is 2.40 bits per heavy atom. The summed E-state index contributed by atoms with van der Waals surface area (Å²) in [5.74, 6) is 2.04. The lowest BCUT2D eigenvalue weighted by molar-refractivity contribution is -0.135. The molecule has 3 aliphatic rings. The van der Waals surface area contributed by atoms with Crippen LogP contribution in [0.4, 0.5) is 0 Å². The monoisotopic (exact) mass is 279 g/mol. The van der Waals surface area contributed by atoms with Gasteiger partial charge in [0.1, 0.15) is 0 Å². The molecule has 2 saturated heterocycles. The smallest absolute Gasteiger partial charge is 0.236 e. The molecule has 114 valence electrons. The summed E-state index contributed by atoms with van der Waals surface area (Å²) in [6.45, 7) is 4.62. The van der Waals surface area contributed by atoms with Gasteiger partial charge in [-0.05, 0) is 37.5 Å². The van der Waals surface area contributed by atoms with E-state index in [0.29, 0.717) is 18.5 Å². The SMILES string of the molecule is NC1CCN(CC(=O)N2CCC3CCCCC3C2)CC1. The standard InChI is InChI=1S/C16H29N3O/c17-15-6-8-18(9-7-15)12-16(20)19-10-5-13-3-1-2-4-14(13)11-19/h13-15H,1-12,17H2. The zero-order valence-electron chi connectivity index (χ0n) is 12.6. The van der Waals surface area contributed by atoms with Crippen LogP contribution < -0.4 is 5.73 Å². The molecule has 4 nitrogen and oxygen atoms in total. The number of rotatable bonds is 2. The Bertz CT molecular complexity index is 339. The van der Waals surface area contributed by atoms with Crippen LogP contribution in [0.15, 0.2) is 0 Å². The minimum Gasteiger partial charge on any atom is -0.341 e. The fourth-order valence-electron chi connectivity index (χ4n) is 4.23. The van der Waals surface area contributed by atoms with Gasteiger partial charge < -0.3 is 10.6 Å². The molecular formula is C16H29N3O. The van der Waals surface area contributed by atoms with Crippen LogP contribution >= 0.6 is 0 Å². The molecule has 20 heavy (non-hydrogen) atoms. The molecule has 3 fully saturated rings. The lowest BCUT2D eigenvalue weighted by atomic mass is 9.75. The third kappa shape index (κ3) is 3.34. The van der Waals surface area contributed by atoms with E-state index < -0.39 is 0 Å². The Balaban J connectivity index is 1.47. The highest BCUT2D eigenvalue weighted by Crippen LogP contribution is 2.36. The zero-order chi connectivity index (χ0) is 13.9. The first-order valence-corrected chi connectivity index (χ1v) is 8.48. The summed E-state index contributed by atoms with van der Waals surface area (Å²) in [6, 6.07) is 0.347. The van der Waals surface area contributed by atoms with Crippen molar-refractivity contribution < 1.29 is 4.79 Å². The van der Waals surface area contributed by atoms with E-state index in [1.54, 1.807) is 0 Å². The molecule has 0 aromatic heterocycles. The van der Waals surface area contributed by atoms with E-state index in [0.717, 1.165) is 50.9 Å². The van der Waals surface area contributed by atoms with Gasteiger partial charge in [0, 0.05) is 32.2 Å². The summed E-state index contributed by atoms with van der Waals surface area (Å²) in [5, 5.41) is 0. The molecule has 2 aliphatic heterocycles. The molecule has 1 aliphatic carbocycles. The summed E-state index contributed by atoms with van der Waals surface area (Å²) >= 11 is 0. The van der Waals surface area contributed by atoms with Crippen LogP contribution in [-0.4, -0.2) is 54.5 Å². The van der Waals surface area contributed by atoms with Gasteiger partial charge in [-0.15, -0.1) is 0 Å². The third-order valence-corrected chi connectivity index (χ3v) is 5.64. The average Bonchev–Trinajstić information content (AvgIpc) is 2.49. The molecule has 0 bridgehead atoms. The molecule has 0 radical (unpaired) electrons. The van der Waals surface area contributed by atoms with Crippen molar-refractivity contribution in [2.24, 2.45) is 17.6 Å². The second kappa shape index (κ2) is 6.44. The van der Waals surface area contributed by atoms with Crippen molar-refractivity contribution in [1.82, 2.24) is 9.80 Å². The summed E-state index contributed by atoms with van der Waals surface area (Å²) in [7, 11) is 0. The molecule has 2 atom stereocenters. The maximum Gasteiger partial charge on any atom is 0.236 e. The van der Waals surface area contributed by atoms with Crippen LogP contribution in [0.3, 0.4) is 0 Å². The van der Waals surface area contributed by atoms with Crippen molar-refractivity contribution in [1.29, 1.82) is 0 Å². The number of amides is 1. The Labute approximate surface area is 122 Å². The number of nitrogens with two attached hydrogens (primary N) is 1. The fourth-order valence-corrected chi connectivity index (χ4v) is 4.23. The van der Waals surface area contributed by atoms with E-state index in [1.165, 1.54) is 32.1 Å². The second-order valence-corrected chi connectivity index (χ2v) is 7.05. The number of fused-ring (bicyclic) bond motifs is 1. The molecular weight excluding hydrogens is 250 g/mol. The highest BCUT2D eigenvalue weighted by Gasteiger charge is 2.33. The minimum atomic E-state index is 0.347. The molecule has 0 spiro atoms. The quantitative estimate of drug-likeness (QED) is 0.832. The number of hydrogen-bond acceptors (Lipinski definition) is 3. The molecule has 2 heterocycles. The largest absolute Gasteiger partial charge is 0.341 e. The van der Waals surface area contributed by atoms with Crippen LogP contribution in [0.5, 0.6) is 0 Å². The summed E-state index contributed by atoms with van der Waals surface area (Å²) in [6.07, 6.45) is 8.83. The Morgan fingerprint density at radius 1 is 0.950 bits per heavy atom. The Hall–Kier alpha value is -0.610. The van der Waals surface area contributed by atoms with Gasteiger partial charge in [0.15, 0.2) is 0 Å². The molecule has 1 saturated carbocycles. The van der Waals surface area contributed by atoms with Crippen molar-refractivity contribution in [3.63, 3.8) is 0 Å². The number of likely N-dealkylation sites (tertiary alicyclic amines) is 2. The first kappa shape index (κ1) is 14.3. The number of carbonyl (C=O) groups is 1. The van der Waals surface area contributed by atoms with E-state index in [2.05, 4.69) is 9.80 Å². The lowest BCUT2D eigenvalue weighted by Crippen LogP contribution is -2.50. The van der Waals surface area contributed by atoms with E-state index >= 15 is 0 Å². The molecule has 4 heteroatoms. The molecule has 1 amide bonds. The Morgan fingerprint density at radius 2 is 1.65 bits per heavy atom. The normalized spacial score (nSPS) is 33.0. The first-order chi connectivity index (χ1) is 9.72. The summed E-state index contributed by atoms with van der Waals surface area (Å²) in [5.41, 5.74) is 5.92. The van der Waals surface area contributed by atoms with E-state index in [4.69, 9.17) is 5.73 Å². The van der Waals surface area contributed by atoms with Gasteiger partial charge in [-0.25, -0.2) is 0 Å². The Kier molecular flexibility index (Phi) is 4.61. The second-order valence-electron chi connectivity index (χ2n) is 7.05. The van der Waals surface area contributed by atoms with Gasteiger partial charge >= 0.3 is 0 Å². The minimum absolute atomic E-state index is 0.347. The lowest BCUT2D eigenvalue weighted by Gasteiger charge is -2.42. The van der Waals surface area contributed by atoms with Gasteiger partial charge in [-0.1, -0.05) is 19.3 Å². The average molecular weight is 279 g/mol. The van der Waals surface area contributed by atoms with Crippen LogP contribution in [0.1, 0.15) is 44.9 Å². The zero-order valence-corrected chi connectivity index (χ0v) is 12.6. The predicted molar refractivity (Wildman–Crippen MR) is 80.3 cm³/mol. The fraction of sp³-hybridized carbons (Fsp3) is 0.938. The molecule has 0 aromatic rings. The molecule has 3 rings (SSSR count). The van der Waals surface area contributed by atoms with Crippen molar-refractivity contribution in [2.75, 3.05) is 32.7 Å². The third-order valence-electron chi connectivity index (χ3n) is 5.64. The first-order valence-electron chi connectivity index (χ1n) is 8.48. The van der Waals surface area contributed by atoms with E-state index in [9.17, 15) is 4.79 Å². The van der Waals surface area contributed by atoms with Crippen molar-refractivity contribution in [3.8, 4) is 0 Å². The van der Waals surface area contributed by atoms with Crippen LogP contribution in [0.2, 0.25) is 0 Å². The van der Waals surface area contributed by atoms with Crippen molar-refractivity contribution >= 4 is 5.91 Å². The highest BCUT2D eigenvalue weighted by atomic mass is 16.2. The van der Waals surface area contributed by atoms with Crippen LogP contribution in [-0.2, 0) is 4.79 Å². The molecule has 2 unspecified atom stereocenters. The maximum absolute atomic E-state index is 12.5. The van der Waals surface area contributed by atoms with Gasteiger partial charge in [0.2, 0.25) is 5.91 Å². The predicted octanol–water partition coefficient (Wildman–Crippen LogP) is 1.45. The number of piperidine rings is 2. The maximum atomic E-state index is 12.5. The topological polar surface area (TPSA) is 49.6 Å². The molecule has 2 N–H and O–H groups in total. The van der Waals surface area contributed by atoms with Crippen LogP contribution in [0, 0.1) is 11.8 Å². The summed E-state index contributed by atoms with van der Waals surface area (Å²) in [4.78, 5) is 16.9. The number of nitrogens with zero attached hydrogens (tertiary/aromatic N) is 2.